The first kappa shape index (κ1) is 32.2. The summed E-state index contributed by atoms with van der Waals surface area (Å²) in [6.07, 6.45) is -8.78. The van der Waals surface area contributed by atoms with Gasteiger partial charge in [-0.25, -0.2) is 4.98 Å². The van der Waals surface area contributed by atoms with Crippen LogP contribution < -0.4 is 16.0 Å². The van der Waals surface area contributed by atoms with Gasteiger partial charge in [0.15, 0.2) is 5.13 Å². The van der Waals surface area contributed by atoms with Crippen LogP contribution in [-0.2, 0) is 44.9 Å². The van der Waals surface area contributed by atoms with E-state index in [1.807, 2.05) is 24.3 Å². The van der Waals surface area contributed by atoms with E-state index >= 15 is 0 Å². The van der Waals surface area contributed by atoms with E-state index in [0.717, 1.165) is 21.3 Å². The molecule has 1 aliphatic rings. The summed E-state index contributed by atoms with van der Waals surface area (Å²) >= 11 is 3.40. The molecule has 1 saturated carbocycles. The molecule has 1 aromatic heterocycles. The van der Waals surface area contributed by atoms with Crippen molar-refractivity contribution in [1.82, 2.24) is 15.6 Å². The summed E-state index contributed by atoms with van der Waals surface area (Å²) in [5, 5.41) is 10.5. The lowest BCUT2D eigenvalue weighted by atomic mass is 9.81. The highest BCUT2D eigenvalue weighted by Gasteiger charge is 2.48. The van der Waals surface area contributed by atoms with Crippen LogP contribution in [0.15, 0.2) is 47.8 Å². The van der Waals surface area contributed by atoms with E-state index in [2.05, 4.69) is 43.5 Å². The Morgan fingerprint density at radius 2 is 1.60 bits per heavy atom. The molecule has 0 bridgehead atoms. The van der Waals surface area contributed by atoms with Gasteiger partial charge in [0, 0.05) is 35.9 Å². The van der Waals surface area contributed by atoms with Gasteiger partial charge in [-0.15, -0.1) is 11.3 Å². The Balaban J connectivity index is 1.56. The minimum atomic E-state index is -5.00. The highest BCUT2D eigenvalue weighted by molar-refractivity contribution is 14.1. The molecule has 1 fully saturated rings. The first-order valence-corrected chi connectivity index (χ1v) is 15.3. The Bertz CT molecular complexity index is 1390. The Labute approximate surface area is 255 Å². The van der Waals surface area contributed by atoms with Gasteiger partial charge in [-0.2, -0.15) is 26.3 Å². The predicted molar refractivity (Wildman–Crippen MR) is 155 cm³/mol. The average Bonchev–Trinajstić information content (AvgIpc) is 3.57. The van der Waals surface area contributed by atoms with Gasteiger partial charge in [0.25, 0.3) is 0 Å². The maximum absolute atomic E-state index is 13.7. The standard InChI is InChI=1S/C28H27F6IN4O2S/c1-16(40)38-25-39-23(15-42-25)26(7-6-22(11-26)36-13-18-4-2-17(12-35)3-5-18)24(41)37-14-19-8-20(27(29,30)31)10-21(9-19)28(32,33)34/h2-5,8-10,15,22,36H,6-7,11-14H2,1H3,(H,37,41)(H,38,39,40). The summed E-state index contributed by atoms with van der Waals surface area (Å²) in [4.78, 5) is 29.7. The molecule has 2 unspecified atom stereocenters. The van der Waals surface area contributed by atoms with Gasteiger partial charge < -0.3 is 16.0 Å². The van der Waals surface area contributed by atoms with Crippen molar-refractivity contribution in [2.75, 3.05) is 5.32 Å². The van der Waals surface area contributed by atoms with Crippen molar-refractivity contribution in [3.8, 4) is 0 Å². The van der Waals surface area contributed by atoms with E-state index in [1.165, 1.54) is 12.5 Å². The smallest absolute Gasteiger partial charge is 0.351 e. The predicted octanol–water partition coefficient (Wildman–Crippen LogP) is 6.97. The van der Waals surface area contributed by atoms with Crippen LogP contribution in [0.3, 0.4) is 0 Å². The van der Waals surface area contributed by atoms with Crippen LogP contribution in [-0.4, -0.2) is 22.8 Å². The molecular formula is C28H27F6IN4O2S. The van der Waals surface area contributed by atoms with Crippen molar-refractivity contribution in [3.05, 3.63) is 81.4 Å². The Morgan fingerprint density at radius 1 is 0.976 bits per heavy atom. The largest absolute Gasteiger partial charge is 0.416 e. The number of nitrogens with zero attached hydrogens (tertiary/aromatic N) is 1. The molecule has 4 rings (SSSR count). The molecule has 2 amide bonds. The molecule has 42 heavy (non-hydrogen) atoms. The van der Waals surface area contributed by atoms with Gasteiger partial charge in [-0.1, -0.05) is 46.9 Å². The number of nitrogens with one attached hydrogen (secondary N) is 3. The number of hydrogen-bond acceptors (Lipinski definition) is 5. The van der Waals surface area contributed by atoms with Gasteiger partial charge in [0.05, 0.1) is 22.2 Å². The fraction of sp³-hybridized carbons (Fsp3) is 0.393. The molecule has 3 N–H and O–H groups in total. The highest BCUT2D eigenvalue weighted by Crippen LogP contribution is 2.43. The van der Waals surface area contributed by atoms with Crippen molar-refractivity contribution in [2.45, 2.75) is 67.5 Å². The van der Waals surface area contributed by atoms with Crippen molar-refractivity contribution in [3.63, 3.8) is 0 Å². The van der Waals surface area contributed by atoms with E-state index < -0.39 is 41.3 Å². The van der Waals surface area contributed by atoms with Crippen LogP contribution in [0.5, 0.6) is 0 Å². The number of alkyl halides is 7. The van der Waals surface area contributed by atoms with Crippen LogP contribution >= 0.6 is 33.9 Å². The molecule has 0 saturated heterocycles. The molecule has 1 heterocycles. The molecule has 1 aliphatic carbocycles. The first-order valence-electron chi connectivity index (χ1n) is 12.9. The van der Waals surface area contributed by atoms with Crippen LogP contribution in [0.25, 0.3) is 0 Å². The van der Waals surface area contributed by atoms with Crippen molar-refractivity contribution in [2.24, 2.45) is 0 Å². The third-order valence-corrected chi connectivity index (χ3v) is 8.74. The number of halogens is 7. The maximum Gasteiger partial charge on any atom is 0.416 e. The highest BCUT2D eigenvalue weighted by atomic mass is 127. The number of rotatable bonds is 9. The quantitative estimate of drug-likeness (QED) is 0.127. The van der Waals surface area contributed by atoms with Crippen molar-refractivity contribution in [1.29, 1.82) is 0 Å². The van der Waals surface area contributed by atoms with Crippen LogP contribution in [0, 0.1) is 0 Å². The molecule has 6 nitrogen and oxygen atoms in total. The van der Waals surface area contributed by atoms with Crippen LogP contribution in [0.4, 0.5) is 31.5 Å². The normalized spacial score (nSPS) is 19.1. The molecule has 14 heteroatoms. The van der Waals surface area contributed by atoms with E-state index in [0.29, 0.717) is 43.6 Å². The number of amides is 2. The summed E-state index contributed by atoms with van der Waals surface area (Å²) in [5.41, 5.74) is -1.82. The van der Waals surface area contributed by atoms with Gasteiger partial charge in [-0.05, 0) is 54.2 Å². The first-order chi connectivity index (χ1) is 19.7. The molecule has 2 atom stereocenters. The second-order valence-corrected chi connectivity index (χ2v) is 11.8. The van der Waals surface area contributed by atoms with Crippen molar-refractivity contribution < 1.29 is 35.9 Å². The fourth-order valence-electron chi connectivity index (χ4n) is 4.96. The molecular weight excluding hydrogens is 697 g/mol. The minimum Gasteiger partial charge on any atom is -0.351 e. The second kappa shape index (κ2) is 12.9. The zero-order valence-corrected chi connectivity index (χ0v) is 25.2. The van der Waals surface area contributed by atoms with Crippen LogP contribution in [0.2, 0.25) is 0 Å². The lowest BCUT2D eigenvalue weighted by Gasteiger charge is -2.27. The van der Waals surface area contributed by atoms with E-state index in [4.69, 9.17) is 0 Å². The van der Waals surface area contributed by atoms with E-state index in [-0.39, 0.29) is 28.7 Å². The van der Waals surface area contributed by atoms with Gasteiger partial charge in [0.2, 0.25) is 11.8 Å². The maximum atomic E-state index is 13.7. The van der Waals surface area contributed by atoms with Gasteiger partial charge in [-0.3, -0.25) is 9.59 Å². The monoisotopic (exact) mass is 724 g/mol. The molecule has 0 aliphatic heterocycles. The number of carbonyl (C=O) groups is 2. The summed E-state index contributed by atoms with van der Waals surface area (Å²) in [5.74, 6) is -0.914. The lowest BCUT2D eigenvalue weighted by Crippen LogP contribution is -2.44. The number of aromatic nitrogens is 1. The molecule has 0 radical (unpaired) electrons. The minimum absolute atomic E-state index is 0.0499. The summed E-state index contributed by atoms with van der Waals surface area (Å²) in [7, 11) is 0. The Hall–Kier alpha value is -2.72. The molecule has 226 valence electrons. The number of hydrogen-bond donors (Lipinski definition) is 3. The Morgan fingerprint density at radius 3 is 2.17 bits per heavy atom. The fourth-order valence-corrected chi connectivity index (χ4v) is 6.32. The Kier molecular flexibility index (Phi) is 9.87. The average molecular weight is 725 g/mol. The number of carbonyl (C=O) groups excluding carboxylic acids is 2. The van der Waals surface area contributed by atoms with Crippen molar-refractivity contribution >= 4 is 50.9 Å². The summed E-state index contributed by atoms with van der Waals surface area (Å²) in [6, 6.07) is 9.23. The SMILES string of the molecule is CC(=O)Nc1nc(C2(C(=O)NCc3cc(C(F)(F)F)cc(C(F)(F)F)c3)CCC(NCc3ccc(CI)cc3)C2)cs1. The van der Waals surface area contributed by atoms with E-state index in [9.17, 15) is 35.9 Å². The zero-order chi connectivity index (χ0) is 30.7. The molecule has 2 aromatic carbocycles. The number of thiazole rings is 1. The second-order valence-electron chi connectivity index (χ2n) is 10.2. The number of anilines is 1. The van der Waals surface area contributed by atoms with Crippen LogP contribution in [0.1, 0.15) is 59.7 Å². The zero-order valence-electron chi connectivity index (χ0n) is 22.3. The summed E-state index contributed by atoms with van der Waals surface area (Å²) in [6.45, 7) is 1.32. The van der Waals surface area contributed by atoms with Gasteiger partial charge >= 0.3 is 12.4 Å². The number of benzene rings is 2. The third-order valence-electron chi connectivity index (χ3n) is 7.10. The van der Waals surface area contributed by atoms with Gasteiger partial charge in [0.1, 0.15) is 0 Å². The topological polar surface area (TPSA) is 83.1 Å². The van der Waals surface area contributed by atoms with E-state index in [1.54, 1.807) is 5.38 Å². The third kappa shape index (κ3) is 7.81. The summed E-state index contributed by atoms with van der Waals surface area (Å²) < 4.78 is 80.9. The lowest BCUT2D eigenvalue weighted by molar-refractivity contribution is -0.143. The molecule has 0 spiro atoms. The molecule has 3 aromatic rings.